The van der Waals surface area contributed by atoms with Crippen molar-refractivity contribution in [1.82, 2.24) is 4.98 Å². The van der Waals surface area contributed by atoms with E-state index >= 15 is 0 Å². The van der Waals surface area contributed by atoms with Crippen LogP contribution in [0.2, 0.25) is 5.02 Å². The van der Waals surface area contributed by atoms with Crippen molar-refractivity contribution in [2.75, 3.05) is 5.32 Å². The van der Waals surface area contributed by atoms with Gasteiger partial charge in [-0.2, -0.15) is 0 Å². The van der Waals surface area contributed by atoms with Gasteiger partial charge in [0.25, 0.3) is 0 Å². The van der Waals surface area contributed by atoms with Crippen LogP contribution in [0.25, 0.3) is 26.9 Å². The number of halogens is 1. The van der Waals surface area contributed by atoms with Crippen LogP contribution in [0.5, 0.6) is 0 Å². The molecule has 0 atom stereocenters. The number of aromatic nitrogens is 1. The molecule has 1 amide bonds. The molecule has 0 bridgehead atoms. The first-order valence-corrected chi connectivity index (χ1v) is 9.99. The standard InChI is InChI=1S/C23H17ClN2OS/c1-15-14-17(23-26-20-4-2-3-5-21(20)28-23)9-12-19(15)25-22(27)13-8-16-6-10-18(24)11-7-16/h2-14H,1H3,(H,25,27)/b13-8+. The Labute approximate surface area is 172 Å². The molecular formula is C23H17ClN2OS. The second kappa shape index (κ2) is 7.97. The number of para-hydroxylation sites is 1. The van der Waals surface area contributed by atoms with Gasteiger partial charge in [-0.1, -0.05) is 35.9 Å². The molecule has 0 aliphatic rings. The summed E-state index contributed by atoms with van der Waals surface area (Å²) in [6.07, 6.45) is 3.28. The molecule has 0 fully saturated rings. The molecule has 0 aliphatic heterocycles. The summed E-state index contributed by atoms with van der Waals surface area (Å²) in [5.74, 6) is -0.175. The number of rotatable bonds is 4. The Morgan fingerprint density at radius 3 is 2.61 bits per heavy atom. The van der Waals surface area contributed by atoms with E-state index in [0.717, 1.165) is 32.9 Å². The molecule has 1 N–H and O–H groups in total. The van der Waals surface area contributed by atoms with Crippen LogP contribution in [-0.2, 0) is 4.79 Å². The van der Waals surface area contributed by atoms with E-state index in [1.165, 1.54) is 10.8 Å². The van der Waals surface area contributed by atoms with Gasteiger partial charge in [0.2, 0.25) is 5.91 Å². The molecule has 28 heavy (non-hydrogen) atoms. The zero-order valence-corrected chi connectivity index (χ0v) is 16.7. The summed E-state index contributed by atoms with van der Waals surface area (Å²) in [5, 5.41) is 4.58. The molecule has 0 unspecified atom stereocenters. The van der Waals surface area contributed by atoms with Crippen molar-refractivity contribution in [1.29, 1.82) is 0 Å². The maximum Gasteiger partial charge on any atom is 0.248 e. The van der Waals surface area contributed by atoms with E-state index < -0.39 is 0 Å². The van der Waals surface area contributed by atoms with Crippen molar-refractivity contribution < 1.29 is 4.79 Å². The quantitative estimate of drug-likeness (QED) is 0.390. The van der Waals surface area contributed by atoms with Gasteiger partial charge in [0.15, 0.2) is 0 Å². The molecule has 3 nitrogen and oxygen atoms in total. The third kappa shape index (κ3) is 4.14. The Hall–Kier alpha value is -2.95. The van der Waals surface area contributed by atoms with Gasteiger partial charge in [-0.3, -0.25) is 4.79 Å². The van der Waals surface area contributed by atoms with E-state index in [1.54, 1.807) is 29.5 Å². The summed E-state index contributed by atoms with van der Waals surface area (Å²) < 4.78 is 1.17. The highest BCUT2D eigenvalue weighted by Gasteiger charge is 2.08. The molecule has 138 valence electrons. The second-order valence-electron chi connectivity index (χ2n) is 6.39. The van der Waals surface area contributed by atoms with E-state index in [-0.39, 0.29) is 5.91 Å². The van der Waals surface area contributed by atoms with Gasteiger partial charge in [-0.25, -0.2) is 4.98 Å². The van der Waals surface area contributed by atoms with E-state index in [2.05, 4.69) is 17.4 Å². The van der Waals surface area contributed by atoms with E-state index in [4.69, 9.17) is 16.6 Å². The molecule has 4 aromatic rings. The van der Waals surface area contributed by atoms with Crippen LogP contribution >= 0.6 is 22.9 Å². The number of amides is 1. The Kier molecular flexibility index (Phi) is 5.24. The van der Waals surface area contributed by atoms with Crippen molar-refractivity contribution >= 4 is 50.8 Å². The highest BCUT2D eigenvalue weighted by atomic mass is 35.5. The smallest absolute Gasteiger partial charge is 0.248 e. The molecule has 5 heteroatoms. The number of hydrogen-bond donors (Lipinski definition) is 1. The molecule has 0 radical (unpaired) electrons. The van der Waals surface area contributed by atoms with Crippen molar-refractivity contribution in [2.24, 2.45) is 0 Å². The highest BCUT2D eigenvalue weighted by molar-refractivity contribution is 7.21. The lowest BCUT2D eigenvalue weighted by atomic mass is 10.1. The van der Waals surface area contributed by atoms with Crippen LogP contribution in [0.4, 0.5) is 5.69 Å². The fraction of sp³-hybridized carbons (Fsp3) is 0.0435. The number of hydrogen-bond acceptors (Lipinski definition) is 3. The first-order chi connectivity index (χ1) is 13.6. The number of benzene rings is 3. The zero-order valence-electron chi connectivity index (χ0n) is 15.1. The number of carbonyl (C=O) groups is 1. The van der Waals surface area contributed by atoms with Crippen LogP contribution < -0.4 is 5.32 Å². The predicted octanol–water partition coefficient (Wildman–Crippen LogP) is 6.58. The largest absolute Gasteiger partial charge is 0.322 e. The minimum Gasteiger partial charge on any atom is -0.322 e. The molecule has 1 heterocycles. The maximum absolute atomic E-state index is 12.2. The molecule has 4 rings (SSSR count). The molecule has 3 aromatic carbocycles. The van der Waals surface area contributed by atoms with Crippen molar-refractivity contribution in [2.45, 2.75) is 6.92 Å². The maximum atomic E-state index is 12.2. The Bertz CT molecular complexity index is 1150. The van der Waals surface area contributed by atoms with Crippen LogP contribution in [-0.4, -0.2) is 10.9 Å². The van der Waals surface area contributed by atoms with Gasteiger partial charge in [-0.15, -0.1) is 11.3 Å². The SMILES string of the molecule is Cc1cc(-c2nc3ccccc3s2)ccc1NC(=O)/C=C/c1ccc(Cl)cc1. The third-order valence-electron chi connectivity index (χ3n) is 4.32. The molecule has 0 aliphatic carbocycles. The van der Waals surface area contributed by atoms with Crippen LogP contribution in [0.1, 0.15) is 11.1 Å². The fourth-order valence-corrected chi connectivity index (χ4v) is 3.94. The lowest BCUT2D eigenvalue weighted by Gasteiger charge is -2.08. The summed E-state index contributed by atoms with van der Waals surface area (Å²) in [4.78, 5) is 16.9. The molecule has 0 spiro atoms. The number of aryl methyl sites for hydroxylation is 1. The first kappa shape index (κ1) is 18.4. The Morgan fingerprint density at radius 2 is 1.86 bits per heavy atom. The summed E-state index contributed by atoms with van der Waals surface area (Å²) in [6, 6.07) is 21.4. The van der Waals surface area contributed by atoms with E-state index in [0.29, 0.717) is 5.02 Å². The second-order valence-corrected chi connectivity index (χ2v) is 7.86. The first-order valence-electron chi connectivity index (χ1n) is 8.80. The summed E-state index contributed by atoms with van der Waals surface area (Å²) in [6.45, 7) is 1.98. The predicted molar refractivity (Wildman–Crippen MR) is 119 cm³/mol. The Morgan fingerprint density at radius 1 is 1.07 bits per heavy atom. The fourth-order valence-electron chi connectivity index (χ4n) is 2.85. The van der Waals surface area contributed by atoms with Crippen molar-refractivity contribution in [3.63, 3.8) is 0 Å². The van der Waals surface area contributed by atoms with Gasteiger partial charge in [0.05, 0.1) is 10.2 Å². The molecule has 0 saturated heterocycles. The number of carbonyl (C=O) groups excluding carboxylic acids is 1. The van der Waals surface area contributed by atoms with Crippen LogP contribution in [0.3, 0.4) is 0 Å². The third-order valence-corrected chi connectivity index (χ3v) is 5.66. The number of anilines is 1. The van der Waals surface area contributed by atoms with Crippen molar-refractivity contribution in [3.8, 4) is 10.6 Å². The molecule has 1 aromatic heterocycles. The number of nitrogens with zero attached hydrogens (tertiary/aromatic N) is 1. The number of thiazole rings is 1. The summed E-state index contributed by atoms with van der Waals surface area (Å²) in [7, 11) is 0. The van der Waals surface area contributed by atoms with Crippen molar-refractivity contribution in [3.05, 3.63) is 89.0 Å². The average molecular weight is 405 g/mol. The van der Waals surface area contributed by atoms with Gasteiger partial charge >= 0.3 is 0 Å². The molecule has 0 saturated carbocycles. The lowest BCUT2D eigenvalue weighted by Crippen LogP contribution is -2.08. The highest BCUT2D eigenvalue weighted by Crippen LogP contribution is 2.31. The zero-order chi connectivity index (χ0) is 19.5. The van der Waals surface area contributed by atoms with Crippen LogP contribution in [0, 0.1) is 6.92 Å². The molecular weight excluding hydrogens is 388 g/mol. The van der Waals surface area contributed by atoms with E-state index in [9.17, 15) is 4.79 Å². The van der Waals surface area contributed by atoms with Gasteiger partial charge in [0.1, 0.15) is 5.01 Å². The van der Waals surface area contributed by atoms with Gasteiger partial charge in [0, 0.05) is 22.3 Å². The monoisotopic (exact) mass is 404 g/mol. The lowest BCUT2D eigenvalue weighted by molar-refractivity contribution is -0.111. The number of nitrogens with one attached hydrogen (secondary N) is 1. The topological polar surface area (TPSA) is 42.0 Å². The van der Waals surface area contributed by atoms with Gasteiger partial charge in [-0.05, 0) is 66.6 Å². The number of fused-ring (bicyclic) bond motifs is 1. The average Bonchev–Trinajstić information content (AvgIpc) is 3.13. The summed E-state index contributed by atoms with van der Waals surface area (Å²) >= 11 is 7.54. The minimum atomic E-state index is -0.175. The Balaban J connectivity index is 1.49. The van der Waals surface area contributed by atoms with E-state index in [1.807, 2.05) is 49.4 Å². The van der Waals surface area contributed by atoms with Gasteiger partial charge < -0.3 is 5.32 Å². The minimum absolute atomic E-state index is 0.175. The normalized spacial score (nSPS) is 11.2. The summed E-state index contributed by atoms with van der Waals surface area (Å²) in [5.41, 5.74) is 4.75. The van der Waals surface area contributed by atoms with Crippen LogP contribution in [0.15, 0.2) is 72.8 Å².